The summed E-state index contributed by atoms with van der Waals surface area (Å²) in [6, 6.07) is 6.13. The number of hydrogen-bond acceptors (Lipinski definition) is 1. The minimum absolute atomic E-state index is 0.234. The molecule has 1 aromatic rings. The van der Waals surface area contributed by atoms with Gasteiger partial charge in [0.25, 0.3) is 0 Å². The predicted octanol–water partition coefficient (Wildman–Crippen LogP) is 3.71. The lowest BCUT2D eigenvalue weighted by atomic mass is 9.96. The van der Waals surface area contributed by atoms with Gasteiger partial charge in [-0.05, 0) is 24.0 Å². The fourth-order valence-corrected chi connectivity index (χ4v) is 1.55. The highest BCUT2D eigenvalue weighted by molar-refractivity contribution is 5.97. The first-order valence-corrected chi connectivity index (χ1v) is 5.20. The van der Waals surface area contributed by atoms with Crippen LogP contribution in [0.1, 0.15) is 54.6 Å². The number of ketones is 1. The minimum atomic E-state index is 0.234. The maximum Gasteiger partial charge on any atom is 0.162 e. The topological polar surface area (TPSA) is 17.1 Å². The standard InChI is InChI=1S/C13H18O/c1-5-13(14)12-7-6-11(9(2)3)8-10(12)4/h6-9H,5H2,1-4H3. The first-order valence-electron chi connectivity index (χ1n) is 5.20. The number of aryl methyl sites for hydroxylation is 1. The van der Waals surface area contributed by atoms with Crippen LogP contribution in [0, 0.1) is 6.92 Å². The Morgan fingerprint density at radius 1 is 1.36 bits per heavy atom. The summed E-state index contributed by atoms with van der Waals surface area (Å²) in [4.78, 5) is 11.5. The summed E-state index contributed by atoms with van der Waals surface area (Å²) >= 11 is 0. The van der Waals surface area contributed by atoms with E-state index in [2.05, 4.69) is 26.0 Å². The number of carbonyl (C=O) groups is 1. The second-order valence-corrected chi connectivity index (χ2v) is 4.01. The Labute approximate surface area is 86.1 Å². The molecule has 0 bridgehead atoms. The van der Waals surface area contributed by atoms with Crippen molar-refractivity contribution in [1.29, 1.82) is 0 Å². The fourth-order valence-electron chi connectivity index (χ4n) is 1.55. The van der Waals surface area contributed by atoms with Gasteiger partial charge in [0.2, 0.25) is 0 Å². The number of benzene rings is 1. The van der Waals surface area contributed by atoms with Gasteiger partial charge < -0.3 is 0 Å². The quantitative estimate of drug-likeness (QED) is 0.664. The van der Waals surface area contributed by atoms with Crippen LogP contribution >= 0.6 is 0 Å². The monoisotopic (exact) mass is 190 g/mol. The molecule has 0 aliphatic heterocycles. The lowest BCUT2D eigenvalue weighted by molar-refractivity contribution is 0.0987. The van der Waals surface area contributed by atoms with Gasteiger partial charge in [-0.3, -0.25) is 4.79 Å². The molecule has 1 nitrogen and oxygen atoms in total. The Morgan fingerprint density at radius 3 is 2.43 bits per heavy atom. The smallest absolute Gasteiger partial charge is 0.162 e. The molecule has 14 heavy (non-hydrogen) atoms. The van der Waals surface area contributed by atoms with Crippen LogP contribution in [0.4, 0.5) is 0 Å². The van der Waals surface area contributed by atoms with E-state index in [-0.39, 0.29) is 5.78 Å². The zero-order chi connectivity index (χ0) is 10.7. The van der Waals surface area contributed by atoms with Gasteiger partial charge in [-0.1, -0.05) is 39.0 Å². The maximum atomic E-state index is 11.5. The molecule has 0 N–H and O–H groups in total. The average molecular weight is 190 g/mol. The van der Waals surface area contributed by atoms with Crippen molar-refractivity contribution in [2.75, 3.05) is 0 Å². The third kappa shape index (κ3) is 2.22. The number of carbonyl (C=O) groups excluding carboxylic acids is 1. The zero-order valence-corrected chi connectivity index (χ0v) is 9.42. The normalized spacial score (nSPS) is 10.6. The van der Waals surface area contributed by atoms with E-state index in [4.69, 9.17) is 0 Å². The summed E-state index contributed by atoms with van der Waals surface area (Å²) < 4.78 is 0. The van der Waals surface area contributed by atoms with Crippen molar-refractivity contribution in [3.8, 4) is 0 Å². The maximum absolute atomic E-state index is 11.5. The molecule has 0 aliphatic rings. The van der Waals surface area contributed by atoms with Crippen LogP contribution in [-0.2, 0) is 0 Å². The molecule has 0 aromatic heterocycles. The van der Waals surface area contributed by atoms with Gasteiger partial charge in [-0.2, -0.15) is 0 Å². The molecule has 1 rings (SSSR count). The Balaban J connectivity index is 3.07. The first kappa shape index (κ1) is 11.0. The molecule has 0 saturated carbocycles. The summed E-state index contributed by atoms with van der Waals surface area (Å²) in [5, 5.41) is 0. The molecular weight excluding hydrogens is 172 g/mol. The lowest BCUT2D eigenvalue weighted by Gasteiger charge is -2.09. The van der Waals surface area contributed by atoms with Crippen molar-refractivity contribution in [3.05, 3.63) is 34.9 Å². The molecule has 76 valence electrons. The highest BCUT2D eigenvalue weighted by Crippen LogP contribution is 2.19. The molecule has 0 unspecified atom stereocenters. The zero-order valence-electron chi connectivity index (χ0n) is 9.42. The van der Waals surface area contributed by atoms with E-state index in [1.807, 2.05) is 19.9 Å². The van der Waals surface area contributed by atoms with E-state index >= 15 is 0 Å². The molecule has 0 spiro atoms. The molecule has 0 saturated heterocycles. The van der Waals surface area contributed by atoms with Crippen LogP contribution in [-0.4, -0.2) is 5.78 Å². The molecule has 0 atom stereocenters. The second kappa shape index (κ2) is 4.41. The van der Waals surface area contributed by atoms with Gasteiger partial charge in [0.05, 0.1) is 0 Å². The van der Waals surface area contributed by atoms with Gasteiger partial charge in [-0.15, -0.1) is 0 Å². The lowest BCUT2D eigenvalue weighted by Crippen LogP contribution is -2.01. The number of Topliss-reactive ketones (excluding diaryl/α,β-unsaturated/α-hetero) is 1. The largest absolute Gasteiger partial charge is 0.294 e. The SMILES string of the molecule is CCC(=O)c1ccc(C(C)C)cc1C. The summed E-state index contributed by atoms with van der Waals surface area (Å²) in [5.41, 5.74) is 3.27. The summed E-state index contributed by atoms with van der Waals surface area (Å²) in [5.74, 6) is 0.761. The molecule has 0 fully saturated rings. The third-order valence-corrected chi connectivity index (χ3v) is 2.54. The first-order chi connectivity index (χ1) is 6.56. The van der Waals surface area contributed by atoms with E-state index in [0.29, 0.717) is 12.3 Å². The van der Waals surface area contributed by atoms with Gasteiger partial charge in [-0.25, -0.2) is 0 Å². The molecule has 0 heterocycles. The van der Waals surface area contributed by atoms with Crippen LogP contribution < -0.4 is 0 Å². The second-order valence-electron chi connectivity index (χ2n) is 4.01. The van der Waals surface area contributed by atoms with Crippen molar-refractivity contribution in [2.24, 2.45) is 0 Å². The molecule has 1 heteroatoms. The Kier molecular flexibility index (Phi) is 3.45. The van der Waals surface area contributed by atoms with Gasteiger partial charge in [0.1, 0.15) is 0 Å². The van der Waals surface area contributed by atoms with Crippen molar-refractivity contribution >= 4 is 5.78 Å². The van der Waals surface area contributed by atoms with Gasteiger partial charge in [0.15, 0.2) is 5.78 Å². The number of rotatable bonds is 3. The van der Waals surface area contributed by atoms with Crippen LogP contribution in [0.2, 0.25) is 0 Å². The van der Waals surface area contributed by atoms with E-state index in [0.717, 1.165) is 11.1 Å². The van der Waals surface area contributed by atoms with Crippen molar-refractivity contribution < 1.29 is 4.79 Å². The molecule has 0 radical (unpaired) electrons. The van der Waals surface area contributed by atoms with E-state index < -0.39 is 0 Å². The van der Waals surface area contributed by atoms with Crippen molar-refractivity contribution in [3.63, 3.8) is 0 Å². The summed E-state index contributed by atoms with van der Waals surface area (Å²) in [7, 11) is 0. The Morgan fingerprint density at radius 2 is 2.00 bits per heavy atom. The van der Waals surface area contributed by atoms with E-state index in [1.165, 1.54) is 5.56 Å². The average Bonchev–Trinajstić information content (AvgIpc) is 2.16. The fraction of sp³-hybridized carbons (Fsp3) is 0.462. The highest BCUT2D eigenvalue weighted by atomic mass is 16.1. The third-order valence-electron chi connectivity index (χ3n) is 2.54. The molecule has 1 aromatic carbocycles. The molecule has 0 aliphatic carbocycles. The Bertz CT molecular complexity index is 337. The highest BCUT2D eigenvalue weighted by Gasteiger charge is 2.08. The van der Waals surface area contributed by atoms with E-state index in [1.54, 1.807) is 0 Å². The number of hydrogen-bond donors (Lipinski definition) is 0. The van der Waals surface area contributed by atoms with Gasteiger partial charge >= 0.3 is 0 Å². The molecular formula is C13H18O. The van der Waals surface area contributed by atoms with Crippen LogP contribution in [0.5, 0.6) is 0 Å². The summed E-state index contributed by atoms with van der Waals surface area (Å²) in [6.07, 6.45) is 0.585. The van der Waals surface area contributed by atoms with E-state index in [9.17, 15) is 4.79 Å². The van der Waals surface area contributed by atoms with Crippen LogP contribution in [0.3, 0.4) is 0 Å². The minimum Gasteiger partial charge on any atom is -0.294 e. The van der Waals surface area contributed by atoms with Crippen molar-refractivity contribution in [1.82, 2.24) is 0 Å². The van der Waals surface area contributed by atoms with Crippen LogP contribution in [0.25, 0.3) is 0 Å². The Hall–Kier alpha value is -1.11. The predicted molar refractivity (Wildman–Crippen MR) is 59.9 cm³/mol. The molecule has 0 amide bonds. The van der Waals surface area contributed by atoms with Gasteiger partial charge in [0, 0.05) is 12.0 Å². The van der Waals surface area contributed by atoms with Crippen LogP contribution in [0.15, 0.2) is 18.2 Å². The summed E-state index contributed by atoms with van der Waals surface area (Å²) in [6.45, 7) is 8.24. The van der Waals surface area contributed by atoms with Crippen molar-refractivity contribution in [2.45, 2.75) is 40.0 Å².